The minimum absolute atomic E-state index is 0.400. The van der Waals surface area contributed by atoms with Gasteiger partial charge in [0.25, 0.3) is 5.22 Å². The summed E-state index contributed by atoms with van der Waals surface area (Å²) in [5.74, 6) is 2.71. The molecule has 1 unspecified atom stereocenters. The van der Waals surface area contributed by atoms with Gasteiger partial charge in [-0.2, -0.15) is 12.6 Å². The molecule has 0 N–H and O–H groups in total. The SMILES string of the molecule is Cc1nnc(SCC(CS)c2ccccc2)o1. The molecule has 0 fully saturated rings. The van der Waals surface area contributed by atoms with Gasteiger partial charge >= 0.3 is 0 Å². The predicted molar refractivity (Wildman–Crippen MR) is 72.8 cm³/mol. The van der Waals surface area contributed by atoms with Gasteiger partial charge in [-0.25, -0.2) is 0 Å². The van der Waals surface area contributed by atoms with Crippen molar-refractivity contribution in [2.75, 3.05) is 11.5 Å². The third-order valence-electron chi connectivity index (χ3n) is 2.41. The highest BCUT2D eigenvalue weighted by atomic mass is 32.2. The molecule has 1 heterocycles. The van der Waals surface area contributed by atoms with Crippen LogP contribution in [0.1, 0.15) is 17.4 Å². The first-order chi connectivity index (χ1) is 8.29. The second-order valence-corrected chi connectivity index (χ2v) is 5.02. The van der Waals surface area contributed by atoms with Crippen molar-refractivity contribution >= 4 is 24.4 Å². The molecule has 0 aliphatic carbocycles. The zero-order chi connectivity index (χ0) is 12.1. The molecule has 2 rings (SSSR count). The number of nitrogens with zero attached hydrogens (tertiary/aromatic N) is 2. The monoisotopic (exact) mass is 266 g/mol. The number of rotatable bonds is 5. The first-order valence-electron chi connectivity index (χ1n) is 5.38. The van der Waals surface area contributed by atoms with Gasteiger partial charge in [-0.05, 0) is 11.3 Å². The van der Waals surface area contributed by atoms with Crippen LogP contribution in [0, 0.1) is 6.92 Å². The highest BCUT2D eigenvalue weighted by Gasteiger charge is 2.12. The lowest BCUT2D eigenvalue weighted by Gasteiger charge is -2.12. The zero-order valence-corrected chi connectivity index (χ0v) is 11.2. The number of thiol groups is 1. The lowest BCUT2D eigenvalue weighted by atomic mass is 10.0. The fraction of sp³-hybridized carbons (Fsp3) is 0.333. The highest BCUT2D eigenvalue weighted by molar-refractivity contribution is 7.99. The molecular weight excluding hydrogens is 252 g/mol. The molecule has 1 aromatic carbocycles. The summed E-state index contributed by atoms with van der Waals surface area (Å²) in [6.07, 6.45) is 0. The first kappa shape index (κ1) is 12.5. The van der Waals surface area contributed by atoms with E-state index in [0.29, 0.717) is 17.0 Å². The fourth-order valence-corrected chi connectivity index (χ4v) is 2.93. The summed E-state index contributed by atoms with van der Waals surface area (Å²) >= 11 is 5.98. The second kappa shape index (κ2) is 6.12. The average Bonchev–Trinajstić information content (AvgIpc) is 2.77. The van der Waals surface area contributed by atoms with Gasteiger partial charge in [-0.3, -0.25) is 0 Å². The van der Waals surface area contributed by atoms with Crippen LogP contribution in [0.5, 0.6) is 0 Å². The van der Waals surface area contributed by atoms with Crippen molar-refractivity contribution in [3.05, 3.63) is 41.8 Å². The molecule has 3 nitrogen and oxygen atoms in total. The van der Waals surface area contributed by atoms with Gasteiger partial charge in [0.2, 0.25) is 5.89 Å². The predicted octanol–water partition coefficient (Wildman–Crippen LogP) is 3.18. The number of hydrogen-bond donors (Lipinski definition) is 1. The maximum Gasteiger partial charge on any atom is 0.276 e. The van der Waals surface area contributed by atoms with E-state index in [0.717, 1.165) is 11.5 Å². The van der Waals surface area contributed by atoms with Gasteiger partial charge in [0.05, 0.1) is 0 Å². The van der Waals surface area contributed by atoms with Crippen LogP contribution in [0.4, 0.5) is 0 Å². The summed E-state index contributed by atoms with van der Waals surface area (Å²) in [6, 6.07) is 10.4. The molecule has 5 heteroatoms. The molecule has 0 aliphatic heterocycles. The molecule has 1 atom stereocenters. The van der Waals surface area contributed by atoms with Crippen LogP contribution in [-0.4, -0.2) is 21.7 Å². The van der Waals surface area contributed by atoms with Gasteiger partial charge in [0, 0.05) is 18.6 Å². The van der Waals surface area contributed by atoms with Crippen molar-refractivity contribution in [2.45, 2.75) is 18.1 Å². The maximum absolute atomic E-state index is 5.33. The van der Waals surface area contributed by atoms with Crippen molar-refractivity contribution in [2.24, 2.45) is 0 Å². The molecule has 0 saturated heterocycles. The Morgan fingerprint density at radius 2 is 2.06 bits per heavy atom. The van der Waals surface area contributed by atoms with Gasteiger partial charge in [-0.1, -0.05) is 42.1 Å². The third kappa shape index (κ3) is 3.51. The van der Waals surface area contributed by atoms with E-state index in [-0.39, 0.29) is 0 Å². The average molecular weight is 266 g/mol. The molecule has 2 aromatic rings. The summed E-state index contributed by atoms with van der Waals surface area (Å²) in [5, 5.41) is 8.40. The Kier molecular flexibility index (Phi) is 4.50. The van der Waals surface area contributed by atoms with Crippen LogP contribution in [0.3, 0.4) is 0 Å². The number of benzene rings is 1. The van der Waals surface area contributed by atoms with Crippen LogP contribution in [0.2, 0.25) is 0 Å². The van der Waals surface area contributed by atoms with Crippen LogP contribution in [-0.2, 0) is 0 Å². The van der Waals surface area contributed by atoms with Crippen molar-refractivity contribution in [1.29, 1.82) is 0 Å². The van der Waals surface area contributed by atoms with Gasteiger partial charge in [-0.15, -0.1) is 10.2 Å². The van der Waals surface area contributed by atoms with Crippen molar-refractivity contribution in [3.63, 3.8) is 0 Å². The summed E-state index contributed by atoms with van der Waals surface area (Å²) in [4.78, 5) is 0. The van der Waals surface area contributed by atoms with E-state index in [4.69, 9.17) is 4.42 Å². The van der Waals surface area contributed by atoms with E-state index >= 15 is 0 Å². The number of aromatic nitrogens is 2. The van der Waals surface area contributed by atoms with E-state index < -0.39 is 0 Å². The molecule has 0 saturated carbocycles. The van der Waals surface area contributed by atoms with Crippen molar-refractivity contribution in [1.82, 2.24) is 10.2 Å². The Morgan fingerprint density at radius 1 is 1.29 bits per heavy atom. The standard InChI is InChI=1S/C12H14N2OS2/c1-9-13-14-12(15-9)17-8-11(7-16)10-5-3-2-4-6-10/h2-6,11,16H,7-8H2,1H3. The van der Waals surface area contributed by atoms with E-state index in [1.165, 1.54) is 5.56 Å². The van der Waals surface area contributed by atoms with E-state index in [1.807, 2.05) is 18.2 Å². The first-order valence-corrected chi connectivity index (χ1v) is 7.00. The van der Waals surface area contributed by atoms with E-state index in [2.05, 4.69) is 35.0 Å². The maximum atomic E-state index is 5.33. The third-order valence-corrected chi connectivity index (χ3v) is 3.83. The van der Waals surface area contributed by atoms with Crippen LogP contribution >= 0.6 is 24.4 Å². The molecule has 90 valence electrons. The fourth-order valence-electron chi connectivity index (χ4n) is 1.49. The Hall–Kier alpha value is -0.940. The van der Waals surface area contributed by atoms with Crippen molar-refractivity contribution in [3.8, 4) is 0 Å². The van der Waals surface area contributed by atoms with E-state index in [1.54, 1.807) is 18.7 Å². The summed E-state index contributed by atoms with van der Waals surface area (Å²) in [7, 11) is 0. The molecule has 0 aliphatic rings. The van der Waals surface area contributed by atoms with Gasteiger partial charge in [0.1, 0.15) is 0 Å². The number of aryl methyl sites for hydroxylation is 1. The summed E-state index contributed by atoms with van der Waals surface area (Å²) in [6.45, 7) is 1.80. The Balaban J connectivity index is 1.97. The molecule has 0 bridgehead atoms. The smallest absolute Gasteiger partial charge is 0.276 e. The summed E-state index contributed by atoms with van der Waals surface area (Å²) < 4.78 is 5.33. The molecule has 17 heavy (non-hydrogen) atoms. The van der Waals surface area contributed by atoms with Crippen molar-refractivity contribution < 1.29 is 4.42 Å². The van der Waals surface area contributed by atoms with Crippen LogP contribution in [0.15, 0.2) is 40.0 Å². The zero-order valence-electron chi connectivity index (χ0n) is 9.54. The topological polar surface area (TPSA) is 38.9 Å². The Bertz CT molecular complexity index is 459. The second-order valence-electron chi connectivity index (χ2n) is 3.69. The molecule has 0 radical (unpaired) electrons. The minimum atomic E-state index is 0.400. The quantitative estimate of drug-likeness (QED) is 0.666. The Morgan fingerprint density at radius 3 is 2.65 bits per heavy atom. The lowest BCUT2D eigenvalue weighted by molar-refractivity contribution is 0.429. The molecular formula is C12H14N2OS2. The lowest BCUT2D eigenvalue weighted by Crippen LogP contribution is -2.03. The normalized spacial score (nSPS) is 12.6. The van der Waals surface area contributed by atoms with E-state index in [9.17, 15) is 0 Å². The number of thioether (sulfide) groups is 1. The van der Waals surface area contributed by atoms with Gasteiger partial charge < -0.3 is 4.42 Å². The molecule has 0 amide bonds. The molecule has 1 aromatic heterocycles. The largest absolute Gasteiger partial charge is 0.416 e. The minimum Gasteiger partial charge on any atom is -0.416 e. The number of hydrogen-bond acceptors (Lipinski definition) is 5. The highest BCUT2D eigenvalue weighted by Crippen LogP contribution is 2.26. The van der Waals surface area contributed by atoms with Gasteiger partial charge in [0.15, 0.2) is 0 Å². The summed E-state index contributed by atoms with van der Waals surface area (Å²) in [5.41, 5.74) is 1.30. The Labute approximate surface area is 110 Å². The molecule has 0 spiro atoms. The van der Waals surface area contributed by atoms with Crippen LogP contribution in [0.25, 0.3) is 0 Å². The van der Waals surface area contributed by atoms with Crippen LogP contribution < -0.4 is 0 Å².